The summed E-state index contributed by atoms with van der Waals surface area (Å²) in [6.45, 7) is 7.18. The van der Waals surface area contributed by atoms with Crippen molar-refractivity contribution in [2.24, 2.45) is 0 Å². The number of thioether (sulfide) groups is 1. The molecule has 0 radical (unpaired) electrons. The Morgan fingerprint density at radius 1 is 1.19 bits per heavy atom. The number of likely N-dealkylation sites (tertiary alicyclic amines) is 1. The van der Waals surface area contributed by atoms with Gasteiger partial charge in [-0.3, -0.25) is 0 Å². The number of anilines is 4. The zero-order chi connectivity index (χ0) is 22.8. The third kappa shape index (κ3) is 3.27. The van der Waals surface area contributed by atoms with Crippen molar-refractivity contribution in [1.29, 1.82) is 0 Å². The molecular weight excluding hydrogens is 430 g/mol. The number of rotatable bonds is 2. The predicted molar refractivity (Wildman–Crippen MR) is 123 cm³/mol. The number of oxazole rings is 1. The van der Waals surface area contributed by atoms with E-state index in [1.807, 2.05) is 45.2 Å². The Morgan fingerprint density at radius 3 is 2.62 bits per heavy atom. The number of nitrogen functional groups attached to an aromatic ring is 2. The zero-order valence-corrected chi connectivity index (χ0v) is 19.2. The average Bonchev–Trinajstić information content (AvgIpc) is 3.22. The minimum atomic E-state index is -0.549. The number of hydrogen-bond acceptors (Lipinski definition) is 10. The van der Waals surface area contributed by atoms with Crippen molar-refractivity contribution < 1.29 is 13.9 Å². The molecule has 11 heteroatoms. The van der Waals surface area contributed by atoms with Gasteiger partial charge in [-0.2, -0.15) is 4.98 Å². The molecule has 2 aliphatic rings. The molecule has 4 N–H and O–H groups in total. The van der Waals surface area contributed by atoms with Crippen LogP contribution in [0.3, 0.4) is 0 Å². The second-order valence-corrected chi connectivity index (χ2v) is 9.97. The summed E-state index contributed by atoms with van der Waals surface area (Å²) in [5.41, 5.74) is 15.0. The largest absolute Gasteiger partial charge is 0.444 e. The molecule has 32 heavy (non-hydrogen) atoms. The van der Waals surface area contributed by atoms with Gasteiger partial charge >= 0.3 is 6.09 Å². The molecule has 0 atom stereocenters. The number of ether oxygens (including phenoxy) is 1. The van der Waals surface area contributed by atoms with Gasteiger partial charge in [-0.05, 0) is 45.2 Å². The molecule has 4 heterocycles. The molecule has 168 valence electrons. The maximum atomic E-state index is 12.6. The molecule has 1 amide bonds. The Labute approximate surface area is 189 Å². The van der Waals surface area contributed by atoms with E-state index in [0.717, 1.165) is 17.1 Å². The number of carbonyl (C=O) groups excluding carboxylic acids is 1. The molecule has 2 aromatic heterocycles. The van der Waals surface area contributed by atoms with E-state index in [0.29, 0.717) is 41.7 Å². The van der Waals surface area contributed by atoms with Crippen LogP contribution in [0.25, 0.3) is 11.1 Å². The van der Waals surface area contributed by atoms with Gasteiger partial charge in [-0.25, -0.2) is 14.8 Å². The lowest BCUT2D eigenvalue weighted by atomic mass is 9.78. The third-order valence-corrected chi connectivity index (χ3v) is 6.19. The van der Waals surface area contributed by atoms with Crippen LogP contribution in [0.1, 0.15) is 26.5 Å². The van der Waals surface area contributed by atoms with Crippen molar-refractivity contribution in [3.8, 4) is 0 Å². The van der Waals surface area contributed by atoms with E-state index in [4.69, 9.17) is 25.6 Å². The number of nitrogens with two attached hydrogens (primary N) is 2. The summed E-state index contributed by atoms with van der Waals surface area (Å²) in [4.78, 5) is 29.9. The standard InChI is InChI=1S/C21H25N7O3S/c1-20(2,3)31-19(29)27-8-21(9-27)10-28(14-15(21)25-18(32-4)26-16(14)22)11-5-6-13-12(7-11)24-17(23)30-13/h5-7H,8-10H2,1-4H3,(H2,23,24)(H2,22,25,26). The maximum Gasteiger partial charge on any atom is 0.410 e. The summed E-state index contributed by atoms with van der Waals surface area (Å²) >= 11 is 1.44. The molecule has 0 bridgehead atoms. The van der Waals surface area contributed by atoms with Gasteiger partial charge < -0.3 is 30.4 Å². The lowest BCUT2D eigenvalue weighted by molar-refractivity contribution is -0.00748. The van der Waals surface area contributed by atoms with Crippen molar-refractivity contribution in [3.63, 3.8) is 0 Å². The van der Waals surface area contributed by atoms with Gasteiger partial charge in [0.15, 0.2) is 16.6 Å². The van der Waals surface area contributed by atoms with Gasteiger partial charge in [-0.1, -0.05) is 11.8 Å². The maximum absolute atomic E-state index is 12.6. The molecule has 1 fully saturated rings. The highest BCUT2D eigenvalue weighted by Crippen LogP contribution is 2.51. The number of amides is 1. The molecule has 0 aliphatic carbocycles. The van der Waals surface area contributed by atoms with E-state index in [-0.39, 0.29) is 17.5 Å². The Morgan fingerprint density at radius 2 is 1.94 bits per heavy atom. The number of fused-ring (bicyclic) bond motifs is 3. The van der Waals surface area contributed by atoms with Gasteiger partial charge in [0.1, 0.15) is 16.8 Å². The van der Waals surface area contributed by atoms with E-state index >= 15 is 0 Å². The topological polar surface area (TPSA) is 137 Å². The predicted octanol–water partition coefficient (Wildman–Crippen LogP) is 3.14. The average molecular weight is 456 g/mol. The first-order valence-electron chi connectivity index (χ1n) is 10.2. The number of nitrogens with zero attached hydrogens (tertiary/aromatic N) is 5. The Hall–Kier alpha value is -3.21. The fourth-order valence-electron chi connectivity index (χ4n) is 4.35. The monoisotopic (exact) mass is 455 g/mol. The van der Waals surface area contributed by atoms with Crippen LogP contribution in [0.2, 0.25) is 0 Å². The van der Waals surface area contributed by atoms with Crippen molar-refractivity contribution in [2.45, 2.75) is 36.9 Å². The lowest BCUT2D eigenvalue weighted by Crippen LogP contribution is -2.63. The fraction of sp³-hybridized carbons (Fsp3) is 0.429. The smallest absolute Gasteiger partial charge is 0.410 e. The summed E-state index contributed by atoms with van der Waals surface area (Å²) in [7, 11) is 0. The lowest BCUT2D eigenvalue weighted by Gasteiger charge is -2.47. The van der Waals surface area contributed by atoms with Crippen LogP contribution in [0.15, 0.2) is 27.8 Å². The number of hydrogen-bond donors (Lipinski definition) is 2. The van der Waals surface area contributed by atoms with Crippen molar-refractivity contribution >= 4 is 52.2 Å². The number of benzene rings is 1. The van der Waals surface area contributed by atoms with E-state index in [2.05, 4.69) is 14.9 Å². The third-order valence-electron chi connectivity index (χ3n) is 5.64. The van der Waals surface area contributed by atoms with Gasteiger partial charge in [-0.15, -0.1) is 0 Å². The second kappa shape index (κ2) is 6.89. The van der Waals surface area contributed by atoms with Crippen LogP contribution >= 0.6 is 11.8 Å². The molecule has 1 saturated heterocycles. The summed E-state index contributed by atoms with van der Waals surface area (Å²) in [5.74, 6) is 0.409. The molecule has 1 spiro atoms. The first kappa shape index (κ1) is 20.7. The number of aromatic nitrogens is 3. The SMILES string of the molecule is CSc1nc(N)c2c(n1)C1(CN(C(=O)OC(C)(C)C)C1)CN2c1ccc2oc(N)nc2c1. The van der Waals surface area contributed by atoms with Gasteiger partial charge in [0.25, 0.3) is 6.01 Å². The van der Waals surface area contributed by atoms with E-state index in [1.165, 1.54) is 11.8 Å². The van der Waals surface area contributed by atoms with Gasteiger partial charge in [0.05, 0.1) is 11.1 Å². The molecule has 2 aliphatic heterocycles. The zero-order valence-electron chi connectivity index (χ0n) is 18.4. The molecule has 5 rings (SSSR count). The summed E-state index contributed by atoms with van der Waals surface area (Å²) < 4.78 is 10.9. The highest BCUT2D eigenvalue weighted by atomic mass is 32.2. The summed E-state index contributed by atoms with van der Waals surface area (Å²) in [6, 6.07) is 5.79. The fourth-order valence-corrected chi connectivity index (χ4v) is 4.72. The molecule has 0 unspecified atom stereocenters. The van der Waals surface area contributed by atoms with Crippen LogP contribution in [-0.4, -0.2) is 57.4 Å². The molecule has 10 nitrogen and oxygen atoms in total. The van der Waals surface area contributed by atoms with E-state index in [9.17, 15) is 4.79 Å². The quantitative estimate of drug-likeness (QED) is 0.438. The Bertz CT molecular complexity index is 1230. The summed E-state index contributed by atoms with van der Waals surface area (Å²) in [6.07, 6.45) is 1.59. The van der Waals surface area contributed by atoms with Crippen LogP contribution in [0.5, 0.6) is 0 Å². The van der Waals surface area contributed by atoms with Crippen LogP contribution in [-0.2, 0) is 10.2 Å². The molecule has 1 aromatic carbocycles. The van der Waals surface area contributed by atoms with Gasteiger partial charge in [0, 0.05) is 25.3 Å². The van der Waals surface area contributed by atoms with Crippen LogP contribution < -0.4 is 16.4 Å². The normalized spacial score (nSPS) is 17.0. The molecular formula is C21H25N7O3S. The van der Waals surface area contributed by atoms with E-state index in [1.54, 1.807) is 4.90 Å². The van der Waals surface area contributed by atoms with Crippen molar-refractivity contribution in [3.05, 3.63) is 23.9 Å². The molecule has 0 saturated carbocycles. The first-order valence-corrected chi connectivity index (χ1v) is 11.4. The first-order chi connectivity index (χ1) is 15.1. The minimum Gasteiger partial charge on any atom is -0.444 e. The Kier molecular flexibility index (Phi) is 4.45. The Balaban J connectivity index is 1.52. The van der Waals surface area contributed by atoms with Gasteiger partial charge in [0.2, 0.25) is 0 Å². The van der Waals surface area contributed by atoms with Crippen LogP contribution in [0, 0.1) is 0 Å². The summed E-state index contributed by atoms with van der Waals surface area (Å²) in [5, 5.41) is 0.609. The highest BCUT2D eigenvalue weighted by Gasteiger charge is 2.56. The highest BCUT2D eigenvalue weighted by molar-refractivity contribution is 7.98. The minimum absolute atomic E-state index is 0.120. The van der Waals surface area contributed by atoms with E-state index < -0.39 is 5.60 Å². The van der Waals surface area contributed by atoms with Crippen LogP contribution in [0.4, 0.5) is 28.0 Å². The second-order valence-electron chi connectivity index (χ2n) is 9.20. The van der Waals surface area contributed by atoms with Crippen molar-refractivity contribution in [2.75, 3.05) is 42.3 Å². The van der Waals surface area contributed by atoms with Crippen molar-refractivity contribution in [1.82, 2.24) is 19.9 Å². The molecule has 3 aromatic rings. The number of carbonyl (C=O) groups is 1.